The smallest absolute Gasteiger partial charge is 0.325 e. The molecule has 0 aliphatic rings. The summed E-state index contributed by atoms with van der Waals surface area (Å²) < 4.78 is 13.5. The van der Waals surface area contributed by atoms with Crippen LogP contribution in [0.4, 0.5) is 0 Å². The van der Waals surface area contributed by atoms with Gasteiger partial charge in [0.1, 0.15) is 6.54 Å². The van der Waals surface area contributed by atoms with Crippen LogP contribution >= 0.6 is 27.3 Å². The van der Waals surface area contributed by atoms with Crippen LogP contribution in [0.2, 0.25) is 0 Å². The Morgan fingerprint density at radius 2 is 2.00 bits per heavy atom. The van der Waals surface area contributed by atoms with Crippen molar-refractivity contribution < 1.29 is 18.8 Å². The standard InChI is InChI=1S/C20H14BrN3O4S/c1-27-18(25)11-24-15-8-7-13(21)9-17(15)29-20(24)22-19(26)14-10-16(28-23-14)12-5-3-2-4-6-12/h2-10H,11H2,1H3. The molecular weight excluding hydrogens is 458 g/mol. The molecule has 9 heteroatoms. The van der Waals surface area contributed by atoms with Gasteiger partial charge in [-0.1, -0.05) is 62.8 Å². The molecule has 4 rings (SSSR count). The number of methoxy groups -OCH3 is 1. The topological polar surface area (TPSA) is 86.7 Å². The lowest BCUT2D eigenvalue weighted by Gasteiger charge is -2.03. The molecule has 0 saturated heterocycles. The van der Waals surface area contributed by atoms with Gasteiger partial charge < -0.3 is 13.8 Å². The Hall–Kier alpha value is -3.04. The largest absolute Gasteiger partial charge is 0.468 e. The molecule has 0 spiro atoms. The summed E-state index contributed by atoms with van der Waals surface area (Å²) in [6.07, 6.45) is 0. The van der Waals surface area contributed by atoms with E-state index in [0.29, 0.717) is 10.6 Å². The fraction of sp³-hybridized carbons (Fsp3) is 0.100. The Labute approximate surface area is 177 Å². The molecule has 146 valence electrons. The number of hydrogen-bond donors (Lipinski definition) is 0. The van der Waals surface area contributed by atoms with Crippen LogP contribution in [-0.4, -0.2) is 28.7 Å². The molecule has 1 amide bonds. The van der Waals surface area contributed by atoms with Gasteiger partial charge in [-0.3, -0.25) is 9.59 Å². The molecule has 4 aromatic rings. The maximum absolute atomic E-state index is 12.7. The molecule has 29 heavy (non-hydrogen) atoms. The van der Waals surface area contributed by atoms with Gasteiger partial charge in [-0.05, 0) is 18.2 Å². The minimum atomic E-state index is -0.555. The van der Waals surface area contributed by atoms with Crippen molar-refractivity contribution in [2.75, 3.05) is 7.11 Å². The molecule has 0 saturated carbocycles. The summed E-state index contributed by atoms with van der Waals surface area (Å²) in [7, 11) is 1.32. The molecule has 2 heterocycles. The molecule has 0 atom stereocenters. The fourth-order valence-electron chi connectivity index (χ4n) is 2.74. The lowest BCUT2D eigenvalue weighted by molar-refractivity contribution is -0.141. The van der Waals surface area contributed by atoms with Crippen molar-refractivity contribution in [3.8, 4) is 11.3 Å². The summed E-state index contributed by atoms with van der Waals surface area (Å²) >= 11 is 4.73. The highest BCUT2D eigenvalue weighted by atomic mass is 79.9. The average molecular weight is 472 g/mol. The van der Waals surface area contributed by atoms with E-state index in [9.17, 15) is 9.59 Å². The van der Waals surface area contributed by atoms with Crippen LogP contribution in [0.1, 0.15) is 10.5 Å². The van der Waals surface area contributed by atoms with Crippen LogP contribution in [0, 0.1) is 0 Å². The first kappa shape index (κ1) is 19.3. The Morgan fingerprint density at radius 3 is 2.76 bits per heavy atom. The Bertz CT molecular complexity index is 1270. The van der Waals surface area contributed by atoms with Gasteiger partial charge in [0.25, 0.3) is 0 Å². The van der Waals surface area contributed by atoms with Gasteiger partial charge in [-0.2, -0.15) is 4.99 Å². The Kier molecular flexibility index (Phi) is 5.41. The normalized spacial score (nSPS) is 11.7. The summed E-state index contributed by atoms with van der Waals surface area (Å²) in [6, 6.07) is 16.5. The van der Waals surface area contributed by atoms with Crippen LogP contribution in [-0.2, 0) is 16.1 Å². The predicted octanol–water partition coefficient (Wildman–Crippen LogP) is 4.03. The second-order valence-corrected chi connectivity index (χ2v) is 7.94. The number of carbonyl (C=O) groups is 2. The minimum absolute atomic E-state index is 0.0572. The molecule has 2 aromatic carbocycles. The lowest BCUT2D eigenvalue weighted by atomic mass is 10.1. The van der Waals surface area contributed by atoms with Crippen molar-refractivity contribution in [2.24, 2.45) is 4.99 Å². The molecule has 0 unspecified atom stereocenters. The summed E-state index contributed by atoms with van der Waals surface area (Å²) in [5.41, 5.74) is 1.68. The number of hydrogen-bond acceptors (Lipinski definition) is 6. The highest BCUT2D eigenvalue weighted by molar-refractivity contribution is 9.10. The lowest BCUT2D eigenvalue weighted by Crippen LogP contribution is -2.22. The zero-order valence-electron chi connectivity index (χ0n) is 15.2. The molecule has 0 fully saturated rings. The van der Waals surface area contributed by atoms with Crippen LogP contribution in [0.3, 0.4) is 0 Å². The number of carbonyl (C=O) groups excluding carboxylic acids is 2. The van der Waals surface area contributed by atoms with Gasteiger partial charge in [0.05, 0.1) is 17.3 Å². The molecule has 0 bridgehead atoms. The van der Waals surface area contributed by atoms with Crippen molar-refractivity contribution in [3.05, 3.63) is 69.6 Å². The summed E-state index contributed by atoms with van der Waals surface area (Å²) in [5.74, 6) is -0.513. The highest BCUT2D eigenvalue weighted by Gasteiger charge is 2.16. The summed E-state index contributed by atoms with van der Waals surface area (Å²) in [5, 5.41) is 3.84. The van der Waals surface area contributed by atoms with E-state index in [4.69, 9.17) is 9.26 Å². The monoisotopic (exact) mass is 471 g/mol. The van der Waals surface area contributed by atoms with E-state index >= 15 is 0 Å². The van der Waals surface area contributed by atoms with Gasteiger partial charge >= 0.3 is 11.9 Å². The van der Waals surface area contributed by atoms with Crippen LogP contribution < -0.4 is 4.80 Å². The van der Waals surface area contributed by atoms with Crippen molar-refractivity contribution in [3.63, 3.8) is 0 Å². The van der Waals surface area contributed by atoms with E-state index < -0.39 is 11.9 Å². The minimum Gasteiger partial charge on any atom is -0.468 e. The summed E-state index contributed by atoms with van der Waals surface area (Å²) in [4.78, 5) is 29.1. The molecule has 0 aliphatic heterocycles. The quantitative estimate of drug-likeness (QED) is 0.419. The predicted molar refractivity (Wildman–Crippen MR) is 111 cm³/mol. The number of halogens is 1. The van der Waals surface area contributed by atoms with Crippen molar-refractivity contribution in [2.45, 2.75) is 6.54 Å². The SMILES string of the molecule is COC(=O)Cn1c(=NC(=O)c2cc(-c3ccccc3)on2)sc2cc(Br)ccc21. The number of fused-ring (bicyclic) bond motifs is 1. The second-order valence-electron chi connectivity index (χ2n) is 6.02. The number of amides is 1. The number of benzene rings is 2. The average Bonchev–Trinajstić information content (AvgIpc) is 3.34. The third-order valence-corrected chi connectivity index (χ3v) is 5.68. The van der Waals surface area contributed by atoms with Gasteiger partial charge in [0.15, 0.2) is 16.3 Å². The van der Waals surface area contributed by atoms with Gasteiger partial charge in [-0.25, -0.2) is 0 Å². The Balaban J connectivity index is 1.75. The molecular formula is C20H14BrN3O4S. The van der Waals surface area contributed by atoms with Crippen molar-refractivity contribution in [1.82, 2.24) is 9.72 Å². The van der Waals surface area contributed by atoms with Crippen molar-refractivity contribution in [1.29, 1.82) is 0 Å². The first-order valence-corrected chi connectivity index (χ1v) is 10.1. The third kappa shape index (κ3) is 4.06. The molecule has 7 nitrogen and oxygen atoms in total. The maximum Gasteiger partial charge on any atom is 0.325 e. The molecule has 0 N–H and O–H groups in total. The highest BCUT2D eigenvalue weighted by Crippen LogP contribution is 2.23. The van der Waals surface area contributed by atoms with E-state index in [1.165, 1.54) is 18.4 Å². The molecule has 0 aliphatic carbocycles. The van der Waals surface area contributed by atoms with E-state index in [-0.39, 0.29) is 12.2 Å². The number of esters is 1. The van der Waals surface area contributed by atoms with E-state index in [0.717, 1.165) is 20.3 Å². The Morgan fingerprint density at radius 1 is 1.21 bits per heavy atom. The number of rotatable bonds is 4. The first-order chi connectivity index (χ1) is 14.0. The first-order valence-electron chi connectivity index (χ1n) is 8.52. The second kappa shape index (κ2) is 8.14. The summed E-state index contributed by atoms with van der Waals surface area (Å²) in [6.45, 7) is -0.0572. The number of nitrogens with zero attached hydrogens (tertiary/aromatic N) is 3. The maximum atomic E-state index is 12.7. The zero-order valence-corrected chi connectivity index (χ0v) is 17.6. The van der Waals surface area contributed by atoms with Gasteiger partial charge in [-0.15, -0.1) is 0 Å². The number of thiazole rings is 1. The number of ether oxygens (including phenoxy) is 1. The number of aromatic nitrogens is 2. The molecule has 0 radical (unpaired) electrons. The van der Waals surface area contributed by atoms with Crippen LogP contribution in [0.15, 0.2) is 68.6 Å². The van der Waals surface area contributed by atoms with Crippen molar-refractivity contribution >= 4 is 49.4 Å². The van der Waals surface area contributed by atoms with Crippen LogP contribution in [0.25, 0.3) is 21.5 Å². The van der Waals surface area contributed by atoms with E-state index in [1.54, 1.807) is 10.6 Å². The fourth-order valence-corrected chi connectivity index (χ4v) is 4.32. The molecule has 2 aromatic heterocycles. The van der Waals surface area contributed by atoms with Gasteiger partial charge in [0.2, 0.25) is 0 Å². The van der Waals surface area contributed by atoms with Crippen LogP contribution in [0.5, 0.6) is 0 Å². The zero-order chi connectivity index (χ0) is 20.4. The third-order valence-electron chi connectivity index (χ3n) is 4.14. The van der Waals surface area contributed by atoms with E-state index in [1.807, 2.05) is 48.5 Å². The van der Waals surface area contributed by atoms with E-state index in [2.05, 4.69) is 26.1 Å². The van der Waals surface area contributed by atoms with Gasteiger partial charge in [0, 0.05) is 16.1 Å².